The van der Waals surface area contributed by atoms with Gasteiger partial charge in [-0.2, -0.15) is 0 Å². The molecule has 2 N–H and O–H groups in total. The number of hydrogen-bond donors (Lipinski definition) is 2. The summed E-state index contributed by atoms with van der Waals surface area (Å²) in [7, 11) is 0. The van der Waals surface area contributed by atoms with Crippen LogP contribution in [-0.2, 0) is 13.2 Å². The lowest BCUT2D eigenvalue weighted by Gasteiger charge is -2.33. The number of nitrogens with one attached hydrogen (secondary N) is 1. The van der Waals surface area contributed by atoms with E-state index in [9.17, 15) is 28.4 Å². The molecule has 0 radical (unpaired) electrons. The predicted molar refractivity (Wildman–Crippen MR) is 104 cm³/mol. The Hall–Kier alpha value is -2.85. The Bertz CT molecular complexity index is 892. The van der Waals surface area contributed by atoms with Crippen molar-refractivity contribution in [1.29, 1.82) is 0 Å². The van der Waals surface area contributed by atoms with E-state index in [1.54, 1.807) is 18.2 Å². The molecular formula is C20H22F3N3O4. The number of aliphatic hydroxyl groups excluding tert-OH is 1. The molecule has 0 bridgehead atoms. The highest BCUT2D eigenvalue weighted by molar-refractivity contribution is 5.63. The Labute approximate surface area is 171 Å². The molecule has 1 heterocycles. The van der Waals surface area contributed by atoms with Crippen molar-refractivity contribution in [2.75, 3.05) is 18.4 Å². The van der Waals surface area contributed by atoms with Gasteiger partial charge in [0.2, 0.25) is 0 Å². The number of ether oxygens (including phenoxy) is 1. The van der Waals surface area contributed by atoms with Crippen LogP contribution >= 0.6 is 0 Å². The molecule has 0 saturated carbocycles. The number of aliphatic hydroxyl groups is 1. The van der Waals surface area contributed by atoms with Crippen molar-refractivity contribution >= 4 is 11.4 Å². The van der Waals surface area contributed by atoms with Crippen molar-refractivity contribution < 1.29 is 27.9 Å². The normalized spacial score (nSPS) is 17.5. The average Bonchev–Trinajstić information content (AvgIpc) is 2.67. The summed E-state index contributed by atoms with van der Waals surface area (Å²) < 4.78 is 41.2. The minimum absolute atomic E-state index is 0.0490. The summed E-state index contributed by atoms with van der Waals surface area (Å²) in [6.45, 7) is 1.52. The molecule has 10 heteroatoms. The van der Waals surface area contributed by atoms with Gasteiger partial charge in [0, 0.05) is 25.2 Å². The number of likely N-dealkylation sites (tertiary alicyclic amines) is 1. The third-order valence-electron chi connectivity index (χ3n) is 4.84. The van der Waals surface area contributed by atoms with Crippen molar-refractivity contribution in [3.8, 4) is 5.75 Å². The predicted octanol–water partition coefficient (Wildman–Crippen LogP) is 4.06. The maximum atomic E-state index is 12.4. The van der Waals surface area contributed by atoms with Gasteiger partial charge in [0.1, 0.15) is 11.4 Å². The largest absolute Gasteiger partial charge is 0.573 e. The second-order valence-electron chi connectivity index (χ2n) is 7.18. The molecule has 0 aromatic heterocycles. The fourth-order valence-electron chi connectivity index (χ4n) is 3.58. The molecule has 0 aliphatic carbocycles. The van der Waals surface area contributed by atoms with E-state index in [4.69, 9.17) is 0 Å². The summed E-state index contributed by atoms with van der Waals surface area (Å²) in [5, 5.41) is 23.7. The van der Waals surface area contributed by atoms with Gasteiger partial charge in [0.25, 0.3) is 5.69 Å². The number of nitro benzene ring substituents is 1. The summed E-state index contributed by atoms with van der Waals surface area (Å²) in [4.78, 5) is 12.9. The first-order valence-corrected chi connectivity index (χ1v) is 9.45. The van der Waals surface area contributed by atoms with E-state index < -0.39 is 11.3 Å². The van der Waals surface area contributed by atoms with Gasteiger partial charge in [-0.1, -0.05) is 18.2 Å². The summed E-state index contributed by atoms with van der Waals surface area (Å²) in [5.41, 5.74) is 1.43. The van der Waals surface area contributed by atoms with Gasteiger partial charge in [0.05, 0.1) is 11.5 Å². The van der Waals surface area contributed by atoms with Crippen LogP contribution < -0.4 is 10.1 Å². The lowest BCUT2D eigenvalue weighted by atomic mass is 10.0. The van der Waals surface area contributed by atoms with Crippen LogP contribution in [-0.4, -0.2) is 40.4 Å². The SMILES string of the molecule is O=[N+]([O-])c1cc(CO)ccc1NC1CCCN(Cc2cccc(OC(F)(F)F)c2)C1. The minimum Gasteiger partial charge on any atom is -0.406 e. The van der Waals surface area contributed by atoms with Gasteiger partial charge in [-0.15, -0.1) is 13.2 Å². The zero-order valence-electron chi connectivity index (χ0n) is 16.1. The first kappa shape index (κ1) is 21.8. The van der Waals surface area contributed by atoms with Crippen LogP contribution in [0.5, 0.6) is 5.75 Å². The van der Waals surface area contributed by atoms with E-state index in [-0.39, 0.29) is 24.1 Å². The second-order valence-corrected chi connectivity index (χ2v) is 7.18. The summed E-state index contributed by atoms with van der Waals surface area (Å²) in [5.74, 6) is -0.258. The van der Waals surface area contributed by atoms with Crippen LogP contribution in [0.15, 0.2) is 42.5 Å². The lowest BCUT2D eigenvalue weighted by Crippen LogP contribution is -2.41. The van der Waals surface area contributed by atoms with Gasteiger partial charge >= 0.3 is 6.36 Å². The van der Waals surface area contributed by atoms with Crippen LogP contribution in [0, 0.1) is 10.1 Å². The molecule has 1 aliphatic heterocycles. The first-order valence-electron chi connectivity index (χ1n) is 9.45. The van der Waals surface area contributed by atoms with Gasteiger partial charge in [-0.3, -0.25) is 15.0 Å². The monoisotopic (exact) mass is 425 g/mol. The molecule has 7 nitrogen and oxygen atoms in total. The third-order valence-corrected chi connectivity index (χ3v) is 4.84. The second kappa shape index (κ2) is 9.31. The van der Waals surface area contributed by atoms with Crippen LogP contribution in [0.2, 0.25) is 0 Å². The third kappa shape index (κ3) is 6.07. The smallest absolute Gasteiger partial charge is 0.406 e. The van der Waals surface area contributed by atoms with Crippen LogP contribution in [0.1, 0.15) is 24.0 Å². The first-order chi connectivity index (χ1) is 14.2. The van der Waals surface area contributed by atoms with Crippen LogP contribution in [0.25, 0.3) is 0 Å². The molecule has 1 atom stereocenters. The summed E-state index contributed by atoms with van der Waals surface area (Å²) in [6, 6.07) is 10.4. The number of piperidine rings is 1. The van der Waals surface area contributed by atoms with E-state index in [0.717, 1.165) is 19.4 Å². The maximum absolute atomic E-state index is 12.4. The Morgan fingerprint density at radius 3 is 2.73 bits per heavy atom. The Balaban J connectivity index is 1.65. The molecule has 30 heavy (non-hydrogen) atoms. The topological polar surface area (TPSA) is 87.9 Å². The van der Waals surface area contributed by atoms with Gasteiger partial charge in [-0.25, -0.2) is 0 Å². The minimum atomic E-state index is -4.74. The molecule has 2 aromatic rings. The van der Waals surface area contributed by atoms with E-state index in [1.807, 2.05) is 0 Å². The van der Waals surface area contributed by atoms with E-state index in [2.05, 4.69) is 15.0 Å². The van der Waals surface area contributed by atoms with E-state index >= 15 is 0 Å². The summed E-state index contributed by atoms with van der Waals surface area (Å²) >= 11 is 0. The number of halogens is 3. The van der Waals surface area contributed by atoms with Crippen LogP contribution in [0.4, 0.5) is 24.5 Å². The Kier molecular flexibility index (Phi) is 6.78. The van der Waals surface area contributed by atoms with Gasteiger partial charge < -0.3 is 15.2 Å². The highest BCUT2D eigenvalue weighted by Crippen LogP contribution is 2.28. The Morgan fingerprint density at radius 1 is 1.23 bits per heavy atom. The number of nitro groups is 1. The lowest BCUT2D eigenvalue weighted by molar-refractivity contribution is -0.384. The zero-order valence-corrected chi connectivity index (χ0v) is 16.1. The van der Waals surface area contributed by atoms with Gasteiger partial charge in [0.15, 0.2) is 0 Å². The van der Waals surface area contributed by atoms with Crippen molar-refractivity contribution in [3.63, 3.8) is 0 Å². The molecule has 1 aliphatic rings. The van der Waals surface area contributed by atoms with Crippen LogP contribution in [0.3, 0.4) is 0 Å². The number of benzene rings is 2. The molecule has 1 saturated heterocycles. The zero-order chi connectivity index (χ0) is 21.7. The molecule has 162 valence electrons. The fourth-order valence-corrected chi connectivity index (χ4v) is 3.58. The number of rotatable bonds is 7. The molecule has 0 spiro atoms. The molecule has 1 unspecified atom stereocenters. The quantitative estimate of drug-likeness (QED) is 0.514. The average molecular weight is 425 g/mol. The van der Waals surface area contributed by atoms with Gasteiger partial charge in [-0.05, 0) is 48.7 Å². The highest BCUT2D eigenvalue weighted by Gasteiger charge is 2.31. The van der Waals surface area contributed by atoms with Crippen molar-refractivity contribution in [3.05, 3.63) is 63.7 Å². The number of hydrogen-bond acceptors (Lipinski definition) is 6. The molecular weight excluding hydrogens is 403 g/mol. The number of anilines is 1. The van der Waals surface area contributed by atoms with E-state index in [1.165, 1.54) is 24.3 Å². The molecule has 2 aromatic carbocycles. The molecule has 0 amide bonds. The van der Waals surface area contributed by atoms with E-state index in [0.29, 0.717) is 29.9 Å². The number of nitrogens with zero attached hydrogens (tertiary/aromatic N) is 2. The molecule has 3 rings (SSSR count). The number of alkyl halides is 3. The molecule has 1 fully saturated rings. The van der Waals surface area contributed by atoms with Crippen molar-refractivity contribution in [2.24, 2.45) is 0 Å². The van der Waals surface area contributed by atoms with Crippen molar-refractivity contribution in [2.45, 2.75) is 38.4 Å². The highest BCUT2D eigenvalue weighted by atomic mass is 19.4. The fraction of sp³-hybridized carbons (Fsp3) is 0.400. The Morgan fingerprint density at radius 2 is 2.03 bits per heavy atom. The maximum Gasteiger partial charge on any atom is 0.573 e. The van der Waals surface area contributed by atoms with Crippen molar-refractivity contribution in [1.82, 2.24) is 4.90 Å². The standard InChI is InChI=1S/C20H22F3N3O4/c21-20(22,23)30-17-5-1-3-14(9-17)11-25-8-2-4-16(12-25)24-18-7-6-15(13-27)10-19(18)26(28)29/h1,3,5-7,9-10,16,24,27H,2,4,8,11-13H2. The summed E-state index contributed by atoms with van der Waals surface area (Å²) in [6.07, 6.45) is -3.08.